The lowest BCUT2D eigenvalue weighted by atomic mass is 10.0. The van der Waals surface area contributed by atoms with Gasteiger partial charge in [0.05, 0.1) is 33.5 Å². The summed E-state index contributed by atoms with van der Waals surface area (Å²) in [6.07, 6.45) is 1.10. The van der Waals surface area contributed by atoms with Gasteiger partial charge in [0, 0.05) is 28.2 Å². The standard InChI is InChI=1S/C22H20N4O4S/c1-13-5-4-6-17-20(13)24-21-14(2)19(26(27)28)12-11-18(21)22(17)23-15-7-9-16(10-8-15)25-31(3,29)30/h4-12,25H,1-3H3,(H,23,24). The maximum atomic E-state index is 11.4. The van der Waals surface area contributed by atoms with Gasteiger partial charge in [-0.1, -0.05) is 18.2 Å². The second-order valence-electron chi connectivity index (χ2n) is 7.40. The summed E-state index contributed by atoms with van der Waals surface area (Å²) in [6, 6.07) is 15.9. The Labute approximate surface area is 179 Å². The van der Waals surface area contributed by atoms with E-state index in [0.29, 0.717) is 16.8 Å². The molecule has 0 aliphatic heterocycles. The minimum Gasteiger partial charge on any atom is -0.354 e. The molecule has 0 amide bonds. The molecule has 9 heteroatoms. The molecule has 0 unspecified atom stereocenters. The van der Waals surface area contributed by atoms with Gasteiger partial charge < -0.3 is 5.32 Å². The van der Waals surface area contributed by atoms with Crippen molar-refractivity contribution in [2.24, 2.45) is 0 Å². The molecule has 0 atom stereocenters. The van der Waals surface area contributed by atoms with Crippen molar-refractivity contribution in [1.82, 2.24) is 4.98 Å². The van der Waals surface area contributed by atoms with Gasteiger partial charge in [-0.05, 0) is 49.7 Å². The fraction of sp³-hybridized carbons (Fsp3) is 0.136. The van der Waals surface area contributed by atoms with Crippen LogP contribution in [-0.4, -0.2) is 24.6 Å². The molecule has 4 rings (SSSR count). The minimum absolute atomic E-state index is 0.0232. The van der Waals surface area contributed by atoms with Gasteiger partial charge >= 0.3 is 0 Å². The molecule has 2 N–H and O–H groups in total. The number of aryl methyl sites for hydroxylation is 2. The van der Waals surface area contributed by atoms with Crippen LogP contribution in [0.2, 0.25) is 0 Å². The maximum Gasteiger partial charge on any atom is 0.274 e. The predicted octanol–water partition coefficient (Wildman–Crippen LogP) is 5.03. The van der Waals surface area contributed by atoms with Crippen LogP contribution in [0.25, 0.3) is 21.8 Å². The summed E-state index contributed by atoms with van der Waals surface area (Å²) in [4.78, 5) is 15.8. The average molecular weight is 436 g/mol. The number of para-hydroxylation sites is 1. The van der Waals surface area contributed by atoms with E-state index >= 15 is 0 Å². The van der Waals surface area contributed by atoms with Gasteiger partial charge in [0.15, 0.2) is 0 Å². The summed E-state index contributed by atoms with van der Waals surface area (Å²) in [5.74, 6) is 0. The second-order valence-corrected chi connectivity index (χ2v) is 9.15. The Morgan fingerprint density at radius 2 is 1.55 bits per heavy atom. The number of rotatable bonds is 5. The Bertz CT molecular complexity index is 1450. The van der Waals surface area contributed by atoms with Gasteiger partial charge in [-0.2, -0.15) is 0 Å². The van der Waals surface area contributed by atoms with E-state index in [1.165, 1.54) is 6.07 Å². The first-order valence-electron chi connectivity index (χ1n) is 9.46. The van der Waals surface area contributed by atoms with E-state index in [2.05, 4.69) is 10.0 Å². The van der Waals surface area contributed by atoms with E-state index in [0.717, 1.165) is 39.5 Å². The number of nitrogens with one attached hydrogen (secondary N) is 2. The van der Waals surface area contributed by atoms with E-state index in [1.807, 2.05) is 25.1 Å². The van der Waals surface area contributed by atoms with Crippen LogP contribution in [-0.2, 0) is 10.0 Å². The van der Waals surface area contributed by atoms with E-state index in [4.69, 9.17) is 4.98 Å². The maximum absolute atomic E-state index is 11.4. The molecule has 31 heavy (non-hydrogen) atoms. The summed E-state index contributed by atoms with van der Waals surface area (Å²) < 4.78 is 25.3. The van der Waals surface area contributed by atoms with Gasteiger partial charge in [-0.25, -0.2) is 13.4 Å². The highest BCUT2D eigenvalue weighted by Gasteiger charge is 2.18. The van der Waals surface area contributed by atoms with Gasteiger partial charge in [0.1, 0.15) is 0 Å². The number of fused-ring (bicyclic) bond motifs is 2. The van der Waals surface area contributed by atoms with E-state index in [9.17, 15) is 18.5 Å². The number of nitro benzene ring substituents is 1. The number of nitro groups is 1. The third kappa shape index (κ3) is 3.99. The topological polar surface area (TPSA) is 114 Å². The number of hydrogen-bond acceptors (Lipinski definition) is 6. The second kappa shape index (κ2) is 7.51. The Morgan fingerprint density at radius 1 is 0.903 bits per heavy atom. The minimum atomic E-state index is -3.36. The van der Waals surface area contributed by atoms with E-state index in [1.54, 1.807) is 37.3 Å². The monoisotopic (exact) mass is 436 g/mol. The Balaban J connectivity index is 1.90. The lowest BCUT2D eigenvalue weighted by molar-refractivity contribution is -0.385. The fourth-order valence-corrected chi connectivity index (χ4v) is 4.18. The van der Waals surface area contributed by atoms with Crippen molar-refractivity contribution >= 4 is 54.6 Å². The Kier molecular flexibility index (Phi) is 4.98. The summed E-state index contributed by atoms with van der Waals surface area (Å²) in [7, 11) is -3.36. The zero-order valence-corrected chi connectivity index (χ0v) is 17.9. The number of aromatic nitrogens is 1. The third-order valence-electron chi connectivity index (χ3n) is 5.06. The Hall–Kier alpha value is -3.72. The smallest absolute Gasteiger partial charge is 0.274 e. The molecule has 1 heterocycles. The van der Waals surface area contributed by atoms with Crippen LogP contribution in [0.4, 0.5) is 22.7 Å². The molecule has 0 radical (unpaired) electrons. The van der Waals surface area contributed by atoms with Crippen molar-refractivity contribution in [2.45, 2.75) is 13.8 Å². The number of hydrogen-bond donors (Lipinski definition) is 2. The Morgan fingerprint density at radius 3 is 2.19 bits per heavy atom. The first-order chi connectivity index (χ1) is 14.6. The number of nitrogens with zero attached hydrogens (tertiary/aromatic N) is 2. The van der Waals surface area contributed by atoms with Crippen molar-refractivity contribution in [3.05, 3.63) is 75.8 Å². The number of benzene rings is 3. The van der Waals surface area contributed by atoms with Gasteiger partial charge in [0.25, 0.3) is 5.69 Å². The molecular formula is C22H20N4O4S. The summed E-state index contributed by atoms with van der Waals surface area (Å²) in [5, 5.41) is 16.5. The van der Waals surface area contributed by atoms with Crippen LogP contribution in [0.1, 0.15) is 11.1 Å². The summed E-state index contributed by atoms with van der Waals surface area (Å²) in [6.45, 7) is 3.65. The van der Waals surface area contributed by atoms with Crippen molar-refractivity contribution < 1.29 is 13.3 Å². The molecule has 0 saturated carbocycles. The zero-order chi connectivity index (χ0) is 22.3. The fourth-order valence-electron chi connectivity index (χ4n) is 3.61. The number of sulfonamides is 1. The molecule has 0 spiro atoms. The molecule has 3 aromatic carbocycles. The average Bonchev–Trinajstić information content (AvgIpc) is 2.69. The highest BCUT2D eigenvalue weighted by Crippen LogP contribution is 2.37. The zero-order valence-electron chi connectivity index (χ0n) is 17.1. The molecule has 0 aliphatic carbocycles. The predicted molar refractivity (Wildman–Crippen MR) is 124 cm³/mol. The van der Waals surface area contributed by atoms with E-state index in [-0.39, 0.29) is 5.69 Å². The van der Waals surface area contributed by atoms with Crippen LogP contribution in [0.15, 0.2) is 54.6 Å². The highest BCUT2D eigenvalue weighted by molar-refractivity contribution is 7.92. The quantitative estimate of drug-likeness (QED) is 0.258. The van der Waals surface area contributed by atoms with Gasteiger partial charge in [0.2, 0.25) is 10.0 Å². The van der Waals surface area contributed by atoms with Crippen molar-refractivity contribution in [3.8, 4) is 0 Å². The SMILES string of the molecule is Cc1cccc2c(Nc3ccc(NS(C)(=O)=O)cc3)c3ccc([N+](=O)[O-])c(C)c3nc12. The summed E-state index contributed by atoms with van der Waals surface area (Å²) in [5.41, 5.74) is 4.79. The molecule has 1 aromatic heterocycles. The lowest BCUT2D eigenvalue weighted by Gasteiger charge is -2.16. The van der Waals surface area contributed by atoms with Crippen LogP contribution < -0.4 is 10.0 Å². The van der Waals surface area contributed by atoms with Crippen LogP contribution in [0.3, 0.4) is 0 Å². The molecule has 0 aliphatic rings. The van der Waals surface area contributed by atoms with Crippen LogP contribution in [0.5, 0.6) is 0 Å². The van der Waals surface area contributed by atoms with Crippen LogP contribution >= 0.6 is 0 Å². The first kappa shape index (κ1) is 20.5. The van der Waals surface area contributed by atoms with Crippen molar-refractivity contribution in [3.63, 3.8) is 0 Å². The van der Waals surface area contributed by atoms with Crippen LogP contribution in [0, 0.1) is 24.0 Å². The van der Waals surface area contributed by atoms with Crippen molar-refractivity contribution in [2.75, 3.05) is 16.3 Å². The van der Waals surface area contributed by atoms with Crippen molar-refractivity contribution in [1.29, 1.82) is 0 Å². The molecule has 0 fully saturated rings. The largest absolute Gasteiger partial charge is 0.354 e. The normalized spacial score (nSPS) is 11.6. The lowest BCUT2D eigenvalue weighted by Crippen LogP contribution is -2.09. The molecule has 158 valence electrons. The highest BCUT2D eigenvalue weighted by atomic mass is 32.2. The van der Waals surface area contributed by atoms with Gasteiger partial charge in [-0.3, -0.25) is 14.8 Å². The number of pyridine rings is 1. The molecule has 0 saturated heterocycles. The first-order valence-corrected chi connectivity index (χ1v) is 11.3. The van der Waals surface area contributed by atoms with E-state index < -0.39 is 14.9 Å². The molecule has 0 bridgehead atoms. The third-order valence-corrected chi connectivity index (χ3v) is 5.66. The summed E-state index contributed by atoms with van der Waals surface area (Å²) >= 11 is 0. The van der Waals surface area contributed by atoms with Gasteiger partial charge in [-0.15, -0.1) is 0 Å². The molecule has 4 aromatic rings. The molecule has 8 nitrogen and oxygen atoms in total. The molecular weight excluding hydrogens is 416 g/mol. The number of anilines is 3.